The van der Waals surface area contributed by atoms with E-state index in [2.05, 4.69) is 4.98 Å². The number of Topliss-reactive ketones (excluding diaryl/α,β-unsaturated/α-hetero) is 1. The van der Waals surface area contributed by atoms with Crippen LogP contribution in [-0.2, 0) is 4.74 Å². The van der Waals surface area contributed by atoms with Crippen molar-refractivity contribution < 1.29 is 23.8 Å². The third-order valence-electron chi connectivity index (χ3n) is 4.32. The summed E-state index contributed by atoms with van der Waals surface area (Å²) in [5, 5.41) is 9.57. The first-order chi connectivity index (χ1) is 13.5. The molecule has 1 aliphatic rings. The molecule has 7 heteroatoms. The van der Waals surface area contributed by atoms with Gasteiger partial charge in [-0.25, -0.2) is 4.79 Å². The van der Waals surface area contributed by atoms with Gasteiger partial charge in [0, 0.05) is 11.4 Å². The molecule has 0 radical (unpaired) electrons. The number of carbonyl (C=O) groups excluding carboxylic acids is 2. The molecule has 0 amide bonds. The summed E-state index contributed by atoms with van der Waals surface area (Å²) >= 11 is 0. The molecule has 1 aromatic heterocycles. The second kappa shape index (κ2) is 8.01. The fourth-order valence-electron chi connectivity index (χ4n) is 3.12. The third-order valence-corrected chi connectivity index (χ3v) is 4.32. The van der Waals surface area contributed by atoms with Crippen LogP contribution in [0.2, 0.25) is 0 Å². The number of allylic oxidation sites excluding steroid dienone is 1. The number of ketones is 1. The minimum Gasteiger partial charge on any atom is -0.486 e. The van der Waals surface area contributed by atoms with Crippen molar-refractivity contribution in [2.45, 2.75) is 20.8 Å². The van der Waals surface area contributed by atoms with Gasteiger partial charge in [0.05, 0.1) is 17.7 Å². The van der Waals surface area contributed by atoms with E-state index in [0.29, 0.717) is 41.7 Å². The van der Waals surface area contributed by atoms with Gasteiger partial charge in [0.25, 0.3) is 0 Å². The number of hydrogen-bond acceptors (Lipinski definition) is 6. The maximum absolute atomic E-state index is 13.1. The smallest absolute Gasteiger partial charge is 0.340 e. The summed E-state index contributed by atoms with van der Waals surface area (Å²) < 4.78 is 16.1. The van der Waals surface area contributed by atoms with E-state index in [4.69, 9.17) is 14.2 Å². The van der Waals surface area contributed by atoms with Crippen LogP contribution in [0.1, 0.15) is 44.6 Å². The number of fused-ring (bicyclic) bond motifs is 1. The van der Waals surface area contributed by atoms with Gasteiger partial charge in [-0.3, -0.25) is 4.79 Å². The van der Waals surface area contributed by atoms with E-state index >= 15 is 0 Å². The Balaban J connectivity index is 2.00. The molecular formula is C21H20N2O5. The molecule has 2 aromatic rings. The van der Waals surface area contributed by atoms with Crippen molar-refractivity contribution in [1.82, 2.24) is 4.98 Å². The quantitative estimate of drug-likeness (QED) is 0.369. The Bertz CT molecular complexity index is 1010. The summed E-state index contributed by atoms with van der Waals surface area (Å²) in [7, 11) is 0. The molecule has 0 saturated carbocycles. The summed E-state index contributed by atoms with van der Waals surface area (Å²) in [6, 6.07) is 7.11. The van der Waals surface area contributed by atoms with Crippen LogP contribution in [0.15, 0.2) is 23.8 Å². The molecule has 144 valence electrons. The molecule has 0 spiro atoms. The number of carbonyl (C=O) groups is 2. The highest BCUT2D eigenvalue weighted by Gasteiger charge is 2.27. The Morgan fingerprint density at radius 2 is 1.86 bits per heavy atom. The summed E-state index contributed by atoms with van der Waals surface area (Å²) in [4.78, 5) is 28.4. The first kappa shape index (κ1) is 19.2. The fourth-order valence-corrected chi connectivity index (χ4v) is 3.12. The van der Waals surface area contributed by atoms with E-state index < -0.39 is 11.8 Å². The van der Waals surface area contributed by atoms with Gasteiger partial charge in [0.1, 0.15) is 24.9 Å². The van der Waals surface area contributed by atoms with E-state index in [-0.39, 0.29) is 23.3 Å². The number of nitrogens with zero attached hydrogens (tertiary/aromatic N) is 1. The van der Waals surface area contributed by atoms with Gasteiger partial charge < -0.3 is 19.2 Å². The highest BCUT2D eigenvalue weighted by Crippen LogP contribution is 2.32. The number of aromatic amines is 1. The molecule has 0 fully saturated rings. The predicted octanol–water partition coefficient (Wildman–Crippen LogP) is 3.37. The number of esters is 1. The van der Waals surface area contributed by atoms with E-state index in [1.165, 1.54) is 6.08 Å². The highest BCUT2D eigenvalue weighted by atomic mass is 16.6. The van der Waals surface area contributed by atoms with Gasteiger partial charge >= 0.3 is 5.97 Å². The van der Waals surface area contributed by atoms with E-state index in [9.17, 15) is 14.9 Å². The molecule has 0 bridgehead atoms. The minimum absolute atomic E-state index is 0.0932. The van der Waals surface area contributed by atoms with Crippen LogP contribution in [0, 0.1) is 25.2 Å². The van der Waals surface area contributed by atoms with Crippen LogP contribution < -0.4 is 9.47 Å². The van der Waals surface area contributed by atoms with Gasteiger partial charge in [0.15, 0.2) is 11.5 Å². The van der Waals surface area contributed by atoms with Crippen LogP contribution in [0.3, 0.4) is 0 Å². The maximum Gasteiger partial charge on any atom is 0.340 e. The number of rotatable bonds is 5. The van der Waals surface area contributed by atoms with Gasteiger partial charge in [-0.2, -0.15) is 5.26 Å². The molecule has 1 aromatic carbocycles. The standard InChI is InChI=1S/C21H20N2O5/c1-4-26-21(25)19-13(3)23-12(2)18(19)20(24)15(11-22)9-14-5-6-16-17(10-14)28-8-7-27-16/h5-6,9-10,23H,4,7-8H2,1-3H3/b15-9-. The predicted molar refractivity (Wildman–Crippen MR) is 102 cm³/mol. The van der Waals surface area contributed by atoms with Crippen molar-refractivity contribution in [2.24, 2.45) is 0 Å². The van der Waals surface area contributed by atoms with E-state index in [1.807, 2.05) is 6.07 Å². The molecule has 1 aliphatic heterocycles. The van der Waals surface area contributed by atoms with Crippen molar-refractivity contribution in [3.8, 4) is 17.6 Å². The van der Waals surface area contributed by atoms with Crippen LogP contribution in [0.5, 0.6) is 11.5 Å². The van der Waals surface area contributed by atoms with Crippen molar-refractivity contribution in [2.75, 3.05) is 19.8 Å². The Hall–Kier alpha value is -3.53. The molecule has 0 saturated heterocycles. The first-order valence-electron chi connectivity index (χ1n) is 8.88. The lowest BCUT2D eigenvalue weighted by Gasteiger charge is -2.18. The summed E-state index contributed by atoms with van der Waals surface area (Å²) in [6.07, 6.45) is 1.47. The molecule has 3 rings (SSSR count). The Morgan fingerprint density at radius 3 is 2.54 bits per heavy atom. The van der Waals surface area contributed by atoms with Crippen molar-refractivity contribution in [3.05, 3.63) is 51.9 Å². The minimum atomic E-state index is -0.593. The number of H-pyrrole nitrogens is 1. The van der Waals surface area contributed by atoms with E-state index in [0.717, 1.165) is 0 Å². The molecule has 1 N–H and O–H groups in total. The molecule has 7 nitrogen and oxygen atoms in total. The summed E-state index contributed by atoms with van der Waals surface area (Å²) in [5.41, 5.74) is 1.87. The number of ether oxygens (including phenoxy) is 3. The third kappa shape index (κ3) is 3.62. The zero-order valence-corrected chi connectivity index (χ0v) is 15.9. The van der Waals surface area contributed by atoms with Gasteiger partial charge in [-0.05, 0) is 44.5 Å². The second-order valence-electron chi connectivity index (χ2n) is 6.25. The van der Waals surface area contributed by atoms with Crippen LogP contribution in [0.25, 0.3) is 6.08 Å². The number of hydrogen-bond donors (Lipinski definition) is 1. The zero-order chi connectivity index (χ0) is 20.3. The molecular weight excluding hydrogens is 360 g/mol. The highest BCUT2D eigenvalue weighted by molar-refractivity contribution is 6.19. The lowest BCUT2D eigenvalue weighted by Crippen LogP contribution is -2.15. The fraction of sp³-hybridized carbons (Fsp3) is 0.286. The summed E-state index contributed by atoms with van der Waals surface area (Å²) in [6.45, 7) is 6.17. The van der Waals surface area contributed by atoms with Gasteiger partial charge in [-0.1, -0.05) is 6.07 Å². The van der Waals surface area contributed by atoms with Gasteiger partial charge in [-0.15, -0.1) is 0 Å². The monoisotopic (exact) mass is 380 g/mol. The maximum atomic E-state index is 13.1. The van der Waals surface area contributed by atoms with E-state index in [1.54, 1.807) is 39.0 Å². The SMILES string of the molecule is CCOC(=O)c1c(C)[nH]c(C)c1C(=O)/C(C#N)=C\c1ccc2c(c1)OCCO2. The average molecular weight is 380 g/mol. The Labute approximate surface area is 162 Å². The molecule has 0 aliphatic carbocycles. The van der Waals surface area contributed by atoms with Crippen LogP contribution in [-0.4, -0.2) is 36.6 Å². The molecule has 0 atom stereocenters. The Kier molecular flexibility index (Phi) is 5.50. The van der Waals surface area contributed by atoms with Crippen LogP contribution >= 0.6 is 0 Å². The van der Waals surface area contributed by atoms with Crippen molar-refractivity contribution >= 4 is 17.8 Å². The number of nitrogens with one attached hydrogen (secondary N) is 1. The molecule has 0 unspecified atom stereocenters. The topological polar surface area (TPSA) is 101 Å². The zero-order valence-electron chi connectivity index (χ0n) is 15.9. The summed E-state index contributed by atoms with van der Waals surface area (Å²) in [5.74, 6) is 0.0483. The number of benzene rings is 1. The second-order valence-corrected chi connectivity index (χ2v) is 6.25. The number of nitriles is 1. The Morgan fingerprint density at radius 1 is 1.18 bits per heavy atom. The lowest BCUT2D eigenvalue weighted by molar-refractivity contribution is 0.0523. The molecule has 28 heavy (non-hydrogen) atoms. The van der Waals surface area contributed by atoms with Crippen LogP contribution in [0.4, 0.5) is 0 Å². The number of aromatic nitrogens is 1. The van der Waals surface area contributed by atoms with Gasteiger partial charge in [0.2, 0.25) is 5.78 Å². The van der Waals surface area contributed by atoms with Crippen molar-refractivity contribution in [3.63, 3.8) is 0 Å². The first-order valence-corrected chi connectivity index (χ1v) is 8.88. The largest absolute Gasteiger partial charge is 0.486 e. The normalized spacial score (nSPS) is 13.0. The average Bonchev–Trinajstić information content (AvgIpc) is 2.99. The van der Waals surface area contributed by atoms with Crippen molar-refractivity contribution in [1.29, 1.82) is 5.26 Å². The molecule has 2 heterocycles. The number of aryl methyl sites for hydroxylation is 2. The lowest BCUT2D eigenvalue weighted by atomic mass is 9.98.